The number of benzene rings is 3. The van der Waals surface area contributed by atoms with Crippen LogP contribution in [0.25, 0.3) is 0 Å². The summed E-state index contributed by atoms with van der Waals surface area (Å²) in [7, 11) is 1.57. The molecule has 636 valence electrons. The molecule has 3 fully saturated rings. The van der Waals surface area contributed by atoms with Gasteiger partial charge in [-0.1, -0.05) is 167 Å². The van der Waals surface area contributed by atoms with E-state index in [2.05, 4.69) is 52.2 Å². The van der Waals surface area contributed by atoms with E-state index in [1.54, 1.807) is 41.7 Å². The summed E-state index contributed by atoms with van der Waals surface area (Å²) < 4.78 is 5.61. The number of nitrogens with one attached hydrogen (secondary N) is 7. The van der Waals surface area contributed by atoms with Crippen LogP contribution >= 0.6 is 0 Å². The normalized spacial score (nSPS) is 26.6. The molecule has 9 rings (SSSR count). The van der Waals surface area contributed by atoms with Crippen LogP contribution in [-0.2, 0) is 67.2 Å². The third kappa shape index (κ3) is 26.6. The second-order valence-corrected chi connectivity index (χ2v) is 32.5. The molecule has 3 aromatic heterocycles. The summed E-state index contributed by atoms with van der Waals surface area (Å²) in [5, 5.41) is 83.3. The van der Waals surface area contributed by atoms with Gasteiger partial charge in [0.15, 0.2) is 40.5 Å². The standard InChI is InChI=1S/C30H40N4O6.C29H38N4O6.C29H37N3O7/c1-17(2)14-22-24(36)15-18(3)25(33-29(39)26-23(35)12-9-13-31-26)28(38)32-21(16-20-10-7-6-8-11-20)27(37)19(4)30(40)34(22)5;1-16(2)13-20-23(35)14-17(3)24(33-29(39)25-22(34)11-8-12-30-25)28(38)32-21(15-19-9-6-5-7-10-19)26(36)18(4)27(37)31-20;1-16(2)13-23-22(34)14-17(3)24(32-28(37)25-21(33)11-8-12-30-25)27(36)31-20(15-19-9-6-5-7-10-19)26(35)18(4)29(38)39-23/h6-13,17-19,21-22,25,27,35,37H,14-16H2,1-5H3,(H,32,38)(H,33,39);5-12,16-18,20-21,24,26,34,36H,13-15H2,1-4H3,(H,31,37)(H,32,38)(H,33,39);5-12,16-18,20,23-24,26,33,35H,13-15H2,1-4H3,(H,31,36)(H,32,37)/t18-,19+,21-,22?,25-,27-;17-,18+,20?,21-,24-,26-;17-,18+,20-,23?,24-,26-/m000/s1. The van der Waals surface area contributed by atoms with Gasteiger partial charge in [0, 0.05) is 44.9 Å². The van der Waals surface area contributed by atoms with Crippen LogP contribution in [0.1, 0.15) is 170 Å². The zero-order chi connectivity index (χ0) is 86.9. The molecule has 0 bridgehead atoms. The number of carbonyl (C=O) groups is 12. The van der Waals surface area contributed by atoms with Crippen molar-refractivity contribution >= 4 is 70.6 Å². The van der Waals surface area contributed by atoms with Gasteiger partial charge in [-0.15, -0.1) is 0 Å². The average Bonchev–Trinajstić information content (AvgIpc) is 0.825. The third-order valence-electron chi connectivity index (χ3n) is 21.4. The number of ether oxygens (including phenoxy) is 1. The third-order valence-corrected chi connectivity index (χ3v) is 21.4. The minimum atomic E-state index is -1.35. The largest absolute Gasteiger partial charge is 0.505 e. The number of rotatable bonds is 18. The van der Waals surface area contributed by atoms with Gasteiger partial charge in [-0.05, 0) is 134 Å². The number of Topliss-reactive ketones (excluding diaryl/α,β-unsaturated/α-hetero) is 3. The summed E-state index contributed by atoms with van der Waals surface area (Å²) in [5.41, 5.74) is 1.71. The highest BCUT2D eigenvalue weighted by Crippen LogP contribution is 2.29. The van der Waals surface area contributed by atoms with Crippen LogP contribution in [-0.4, -0.2) is 201 Å². The van der Waals surface area contributed by atoms with Crippen molar-refractivity contribution in [2.24, 2.45) is 53.3 Å². The number of ketones is 3. The quantitative estimate of drug-likeness (QED) is 0.0437. The number of aromatic nitrogens is 3. The van der Waals surface area contributed by atoms with Crippen LogP contribution in [0.2, 0.25) is 0 Å². The second kappa shape index (κ2) is 44.3. The molecule has 3 aromatic carbocycles. The Hall–Kier alpha value is -11.4. The fourth-order valence-electron chi connectivity index (χ4n) is 14.5. The molecule has 0 saturated carbocycles. The molecule has 3 aliphatic rings. The van der Waals surface area contributed by atoms with Gasteiger partial charge in [0.1, 0.15) is 35.4 Å². The zero-order valence-electron chi connectivity index (χ0n) is 69.1. The molecule has 0 spiro atoms. The lowest BCUT2D eigenvalue weighted by Gasteiger charge is -2.37. The van der Waals surface area contributed by atoms with Gasteiger partial charge >= 0.3 is 5.97 Å². The molecular formula is C88H115N11O19. The van der Waals surface area contributed by atoms with Crippen molar-refractivity contribution in [2.75, 3.05) is 7.05 Å². The van der Waals surface area contributed by atoms with Crippen LogP contribution in [0, 0.1) is 53.3 Å². The number of nitrogens with zero attached hydrogens (tertiary/aromatic N) is 4. The topological polar surface area (TPSA) is 462 Å². The maximum Gasteiger partial charge on any atom is 0.312 e. The highest BCUT2D eigenvalue weighted by molar-refractivity contribution is 6.01. The number of aliphatic hydroxyl groups is 3. The summed E-state index contributed by atoms with van der Waals surface area (Å²) in [6, 6.07) is 28.2. The first-order valence-corrected chi connectivity index (χ1v) is 40.1. The second-order valence-electron chi connectivity index (χ2n) is 32.5. The van der Waals surface area contributed by atoms with Gasteiger partial charge < -0.3 is 77.5 Å². The Bertz CT molecular complexity index is 4240. The average molecular weight is 1630 g/mol. The fraction of sp³-hybridized carbons (Fsp3) is 0.489. The number of aromatic hydroxyl groups is 3. The molecule has 8 amide bonds. The van der Waals surface area contributed by atoms with Crippen molar-refractivity contribution in [3.8, 4) is 17.2 Å². The van der Waals surface area contributed by atoms with E-state index in [1.807, 2.05) is 133 Å². The molecule has 3 saturated heterocycles. The maximum atomic E-state index is 13.7. The number of carbonyl (C=O) groups excluding carboxylic acids is 12. The zero-order valence-corrected chi connectivity index (χ0v) is 69.1. The van der Waals surface area contributed by atoms with Crippen LogP contribution in [0.5, 0.6) is 17.2 Å². The number of cyclic esters (lactones) is 1. The highest BCUT2D eigenvalue weighted by Gasteiger charge is 2.44. The van der Waals surface area contributed by atoms with Crippen molar-refractivity contribution < 1.29 is 92.9 Å². The van der Waals surface area contributed by atoms with Gasteiger partial charge in [0.05, 0.1) is 66.3 Å². The van der Waals surface area contributed by atoms with Gasteiger partial charge in [0.25, 0.3) is 17.7 Å². The number of esters is 1. The summed E-state index contributed by atoms with van der Waals surface area (Å²) in [4.78, 5) is 173. The predicted octanol–water partition coefficient (Wildman–Crippen LogP) is 6.02. The fourth-order valence-corrected chi connectivity index (χ4v) is 14.5. The minimum Gasteiger partial charge on any atom is -0.505 e. The molecule has 118 heavy (non-hydrogen) atoms. The molecule has 3 aliphatic heterocycles. The van der Waals surface area contributed by atoms with Crippen LogP contribution in [0.4, 0.5) is 0 Å². The van der Waals surface area contributed by atoms with Gasteiger partial charge in [0.2, 0.25) is 29.5 Å². The lowest BCUT2D eigenvalue weighted by molar-refractivity contribution is -0.164. The number of hydrogen-bond donors (Lipinski definition) is 13. The molecule has 13 N–H and O–H groups in total. The monoisotopic (exact) mass is 1630 g/mol. The Kier molecular flexibility index (Phi) is 35.2. The molecular weight excluding hydrogens is 1520 g/mol. The number of hydrogen-bond acceptors (Lipinski definition) is 22. The Labute approximate surface area is 688 Å². The molecule has 0 radical (unpaired) electrons. The van der Waals surface area contributed by atoms with E-state index in [0.29, 0.717) is 12.8 Å². The van der Waals surface area contributed by atoms with E-state index in [4.69, 9.17) is 4.74 Å². The SMILES string of the molecule is CC(C)CC1C(=O)C[C@H](C)[C@H](NC(=O)c2ncccc2O)C(=O)N[C@@H](Cc2ccccc2)[C@@H](O)[C@@H](C)C(=O)N1C.CC(C)CC1NC(=O)[C@H](C)[C@H](O)[C@H](Cc2ccccc2)NC(=O)[C@@H](NC(=O)c2ncccc2O)[C@@H](C)CC1=O.CC(C)CC1OC(=O)[C@H](C)[C@H](O)[C@H](Cc2ccccc2)NC(=O)[C@@H](NC(=O)c2ncccc2O)[C@@H](C)CC1=O. The predicted molar refractivity (Wildman–Crippen MR) is 436 cm³/mol. The highest BCUT2D eigenvalue weighted by atomic mass is 16.5. The smallest absolute Gasteiger partial charge is 0.312 e. The van der Waals surface area contributed by atoms with E-state index in [1.165, 1.54) is 66.8 Å². The summed E-state index contributed by atoms with van der Waals surface area (Å²) in [6.45, 7) is 21.2. The number of amides is 8. The van der Waals surface area contributed by atoms with Crippen molar-refractivity contribution in [1.29, 1.82) is 0 Å². The molecule has 18 atom stereocenters. The Morgan fingerprint density at radius 1 is 0.424 bits per heavy atom. The Morgan fingerprint density at radius 2 is 0.754 bits per heavy atom. The van der Waals surface area contributed by atoms with Crippen LogP contribution < -0.4 is 37.2 Å². The van der Waals surface area contributed by atoms with E-state index in [0.717, 1.165) is 16.7 Å². The van der Waals surface area contributed by atoms with E-state index in [9.17, 15) is 88.2 Å². The van der Waals surface area contributed by atoms with Crippen LogP contribution in [0.15, 0.2) is 146 Å². The number of pyridine rings is 3. The molecule has 6 aromatic rings. The summed E-state index contributed by atoms with van der Waals surface area (Å²) in [6.07, 6.45) is 0.482. The van der Waals surface area contributed by atoms with Gasteiger partial charge in [-0.3, -0.25) is 57.5 Å². The summed E-state index contributed by atoms with van der Waals surface area (Å²) in [5.74, 6) is -12.5. The minimum absolute atomic E-state index is 0.0342. The van der Waals surface area contributed by atoms with E-state index >= 15 is 0 Å². The molecule has 6 heterocycles. The maximum absolute atomic E-state index is 13.7. The van der Waals surface area contributed by atoms with Gasteiger partial charge in [-0.25, -0.2) is 15.0 Å². The van der Waals surface area contributed by atoms with Crippen molar-refractivity contribution in [3.63, 3.8) is 0 Å². The van der Waals surface area contributed by atoms with Gasteiger partial charge in [-0.2, -0.15) is 0 Å². The van der Waals surface area contributed by atoms with E-state index < -0.39 is 156 Å². The molecule has 30 nitrogen and oxygen atoms in total. The number of likely N-dealkylation sites (N-methyl/N-ethyl adjacent to an activating group) is 1. The molecule has 30 heteroatoms. The summed E-state index contributed by atoms with van der Waals surface area (Å²) >= 11 is 0. The lowest BCUT2D eigenvalue weighted by Crippen LogP contribution is -2.59. The van der Waals surface area contributed by atoms with Crippen molar-refractivity contribution in [1.82, 2.24) is 57.1 Å². The lowest BCUT2D eigenvalue weighted by atomic mass is 9.86. The van der Waals surface area contributed by atoms with Crippen molar-refractivity contribution in [2.45, 2.75) is 214 Å². The Balaban J connectivity index is 0.000000244. The molecule has 0 aliphatic carbocycles. The first-order chi connectivity index (χ1) is 55.8. The first kappa shape index (κ1) is 93.8. The first-order valence-electron chi connectivity index (χ1n) is 40.1. The number of aliphatic hydroxyl groups excluding tert-OH is 3. The molecule has 3 unspecified atom stereocenters. The van der Waals surface area contributed by atoms with Crippen molar-refractivity contribution in [3.05, 3.63) is 180 Å². The van der Waals surface area contributed by atoms with E-state index in [-0.39, 0.29) is 120 Å². The Morgan fingerprint density at radius 3 is 1.10 bits per heavy atom. The van der Waals surface area contributed by atoms with Crippen LogP contribution in [0.3, 0.4) is 0 Å².